The van der Waals surface area contributed by atoms with Gasteiger partial charge in [0.05, 0.1) is 19.8 Å². The molecule has 1 aromatic carbocycles. The van der Waals surface area contributed by atoms with Gasteiger partial charge >= 0.3 is 0 Å². The Hall–Kier alpha value is -1.85. The number of benzene rings is 1. The van der Waals surface area contributed by atoms with Crippen LogP contribution >= 0.6 is 0 Å². The molecular formula is C9H9F2N3O2. The number of rotatable bonds is 4. The van der Waals surface area contributed by atoms with E-state index in [9.17, 15) is 8.78 Å². The molecule has 0 saturated carbocycles. The van der Waals surface area contributed by atoms with E-state index in [1.165, 1.54) is 7.11 Å². The van der Waals surface area contributed by atoms with E-state index >= 15 is 0 Å². The molecule has 5 nitrogen and oxygen atoms in total. The van der Waals surface area contributed by atoms with Crippen LogP contribution in [0.25, 0.3) is 10.4 Å². The minimum atomic E-state index is -1.10. The van der Waals surface area contributed by atoms with Crippen LogP contribution in [-0.2, 0) is 0 Å². The first-order chi connectivity index (χ1) is 7.63. The molecule has 0 aliphatic carbocycles. The summed E-state index contributed by atoms with van der Waals surface area (Å²) in [4.78, 5) is 2.50. The molecule has 0 spiro atoms. The second-order valence-corrected chi connectivity index (χ2v) is 2.91. The van der Waals surface area contributed by atoms with Gasteiger partial charge in [0.15, 0.2) is 11.6 Å². The maximum absolute atomic E-state index is 13.0. The Morgan fingerprint density at radius 1 is 1.50 bits per heavy atom. The van der Waals surface area contributed by atoms with E-state index in [-0.39, 0.29) is 11.3 Å². The highest BCUT2D eigenvalue weighted by molar-refractivity contribution is 5.37. The molecule has 16 heavy (non-hydrogen) atoms. The molecule has 7 heteroatoms. The average molecular weight is 229 g/mol. The van der Waals surface area contributed by atoms with Crippen LogP contribution in [0.3, 0.4) is 0 Å². The van der Waals surface area contributed by atoms with Gasteiger partial charge in [0, 0.05) is 16.5 Å². The van der Waals surface area contributed by atoms with E-state index in [0.717, 1.165) is 12.1 Å². The quantitative estimate of drug-likeness (QED) is 0.488. The van der Waals surface area contributed by atoms with E-state index < -0.39 is 24.3 Å². The Labute approximate surface area is 89.9 Å². The van der Waals surface area contributed by atoms with E-state index in [4.69, 9.17) is 15.4 Å². The lowest BCUT2D eigenvalue weighted by Gasteiger charge is -2.13. The van der Waals surface area contributed by atoms with E-state index in [1.54, 1.807) is 0 Å². The zero-order chi connectivity index (χ0) is 12.1. The molecule has 1 unspecified atom stereocenters. The van der Waals surface area contributed by atoms with Gasteiger partial charge in [0.25, 0.3) is 0 Å². The van der Waals surface area contributed by atoms with Crippen molar-refractivity contribution in [3.8, 4) is 5.75 Å². The Balaban J connectivity index is 3.29. The van der Waals surface area contributed by atoms with Gasteiger partial charge in [0.1, 0.15) is 5.75 Å². The number of halogens is 2. The van der Waals surface area contributed by atoms with Crippen molar-refractivity contribution < 1.29 is 18.6 Å². The summed E-state index contributed by atoms with van der Waals surface area (Å²) in [6.07, 6.45) is 0. The second-order valence-electron chi connectivity index (χ2n) is 2.91. The lowest BCUT2D eigenvalue weighted by atomic mass is 10.1. The van der Waals surface area contributed by atoms with Crippen molar-refractivity contribution in [2.24, 2.45) is 5.11 Å². The molecule has 1 aromatic rings. The summed E-state index contributed by atoms with van der Waals surface area (Å²) < 4.78 is 30.7. The molecule has 0 radical (unpaired) electrons. The molecular weight excluding hydrogens is 220 g/mol. The van der Waals surface area contributed by atoms with Crippen molar-refractivity contribution in [1.82, 2.24) is 0 Å². The highest BCUT2D eigenvalue weighted by Gasteiger charge is 2.17. The third-order valence-corrected chi connectivity index (χ3v) is 2.00. The fourth-order valence-corrected chi connectivity index (χ4v) is 1.24. The molecule has 0 amide bonds. The molecule has 1 rings (SSSR count). The Morgan fingerprint density at radius 3 is 2.62 bits per heavy atom. The number of methoxy groups -OCH3 is 1. The van der Waals surface area contributed by atoms with Crippen molar-refractivity contribution in [3.63, 3.8) is 0 Å². The van der Waals surface area contributed by atoms with Crippen molar-refractivity contribution in [2.75, 3.05) is 13.7 Å². The largest absolute Gasteiger partial charge is 0.496 e. The predicted octanol–water partition coefficient (Wildman–Crippen LogP) is 2.32. The van der Waals surface area contributed by atoms with Crippen molar-refractivity contribution in [2.45, 2.75) is 6.04 Å². The van der Waals surface area contributed by atoms with Crippen molar-refractivity contribution in [3.05, 3.63) is 39.8 Å². The van der Waals surface area contributed by atoms with E-state index in [2.05, 4.69) is 10.0 Å². The summed E-state index contributed by atoms with van der Waals surface area (Å²) in [5.74, 6) is -2.15. The number of aliphatic hydroxyl groups excluding tert-OH is 1. The third kappa shape index (κ3) is 2.39. The predicted molar refractivity (Wildman–Crippen MR) is 51.9 cm³/mol. The van der Waals surface area contributed by atoms with Crippen LogP contribution in [0.1, 0.15) is 11.6 Å². The standard InChI is InChI=1S/C9H9F2N3O2/c1-16-9-3-7(11)6(10)2-5(9)8(4-15)13-14-12/h2-3,8,15H,4H2,1H3. The molecule has 0 aliphatic heterocycles. The highest BCUT2D eigenvalue weighted by atomic mass is 19.2. The van der Waals surface area contributed by atoms with Gasteiger partial charge in [-0.15, -0.1) is 0 Å². The van der Waals surface area contributed by atoms with Crippen LogP contribution in [0.4, 0.5) is 8.78 Å². The smallest absolute Gasteiger partial charge is 0.162 e. The van der Waals surface area contributed by atoms with Crippen LogP contribution in [0.15, 0.2) is 17.2 Å². The fourth-order valence-electron chi connectivity index (χ4n) is 1.24. The normalized spacial score (nSPS) is 11.8. The lowest BCUT2D eigenvalue weighted by molar-refractivity contribution is 0.264. The third-order valence-electron chi connectivity index (χ3n) is 2.00. The first-order valence-corrected chi connectivity index (χ1v) is 4.32. The van der Waals surface area contributed by atoms with Crippen LogP contribution in [0.5, 0.6) is 5.75 Å². The maximum atomic E-state index is 13.0. The van der Waals surface area contributed by atoms with Gasteiger partial charge in [-0.1, -0.05) is 5.11 Å². The molecule has 0 aliphatic rings. The zero-order valence-corrected chi connectivity index (χ0v) is 8.39. The van der Waals surface area contributed by atoms with Crippen LogP contribution in [0, 0.1) is 11.6 Å². The number of nitrogens with zero attached hydrogens (tertiary/aromatic N) is 3. The molecule has 1 atom stereocenters. The maximum Gasteiger partial charge on any atom is 0.162 e. The van der Waals surface area contributed by atoms with Gasteiger partial charge in [0.2, 0.25) is 0 Å². The Morgan fingerprint density at radius 2 is 2.12 bits per heavy atom. The second kappa shape index (κ2) is 5.29. The number of azide groups is 1. The highest BCUT2D eigenvalue weighted by Crippen LogP contribution is 2.29. The van der Waals surface area contributed by atoms with E-state index in [1.807, 2.05) is 0 Å². The monoisotopic (exact) mass is 229 g/mol. The van der Waals surface area contributed by atoms with Gasteiger partial charge in [-0.25, -0.2) is 8.78 Å². The van der Waals surface area contributed by atoms with Crippen LogP contribution < -0.4 is 4.74 Å². The topological polar surface area (TPSA) is 78.2 Å². The summed E-state index contributed by atoms with van der Waals surface area (Å²) in [6, 6.07) is 0.666. The van der Waals surface area contributed by atoms with Gasteiger partial charge in [-0.3, -0.25) is 0 Å². The summed E-state index contributed by atoms with van der Waals surface area (Å²) in [6.45, 7) is -0.522. The lowest BCUT2D eigenvalue weighted by Crippen LogP contribution is -2.04. The molecule has 0 aromatic heterocycles. The fraction of sp³-hybridized carbons (Fsp3) is 0.333. The molecule has 1 N–H and O–H groups in total. The average Bonchev–Trinajstić information content (AvgIpc) is 2.29. The first-order valence-electron chi connectivity index (χ1n) is 4.32. The zero-order valence-electron chi connectivity index (χ0n) is 8.39. The summed E-state index contributed by atoms with van der Waals surface area (Å²) in [5.41, 5.74) is 8.35. The number of hydrogen-bond donors (Lipinski definition) is 1. The number of hydrogen-bond acceptors (Lipinski definition) is 3. The van der Waals surface area contributed by atoms with Crippen LogP contribution in [-0.4, -0.2) is 18.8 Å². The summed E-state index contributed by atoms with van der Waals surface area (Å²) in [7, 11) is 1.26. The molecule has 0 bridgehead atoms. The van der Waals surface area contributed by atoms with Gasteiger partial charge in [-0.05, 0) is 11.6 Å². The van der Waals surface area contributed by atoms with Gasteiger partial charge < -0.3 is 9.84 Å². The summed E-state index contributed by atoms with van der Waals surface area (Å²) >= 11 is 0. The Bertz CT molecular complexity index is 433. The minimum absolute atomic E-state index is 0.0188. The molecule has 0 saturated heterocycles. The molecule has 0 heterocycles. The number of aliphatic hydroxyl groups is 1. The van der Waals surface area contributed by atoms with Gasteiger partial charge in [-0.2, -0.15) is 0 Å². The molecule has 0 fully saturated rings. The van der Waals surface area contributed by atoms with Crippen molar-refractivity contribution >= 4 is 0 Å². The Kier molecular flexibility index (Phi) is 4.04. The minimum Gasteiger partial charge on any atom is -0.496 e. The van der Waals surface area contributed by atoms with E-state index in [0.29, 0.717) is 0 Å². The first kappa shape index (κ1) is 12.2. The molecule has 86 valence electrons. The number of ether oxygens (including phenoxy) is 1. The SMILES string of the molecule is COc1cc(F)c(F)cc1C(CO)N=[N+]=[N-]. The van der Waals surface area contributed by atoms with Crippen LogP contribution in [0.2, 0.25) is 0 Å². The van der Waals surface area contributed by atoms with Crippen molar-refractivity contribution in [1.29, 1.82) is 0 Å². The summed E-state index contributed by atoms with van der Waals surface area (Å²) in [5, 5.41) is 12.2.